The highest BCUT2D eigenvalue weighted by molar-refractivity contribution is 7.89. The molecule has 0 aliphatic heterocycles. The van der Waals surface area contributed by atoms with Crippen molar-refractivity contribution >= 4 is 59.7 Å². The lowest BCUT2D eigenvalue weighted by Crippen LogP contribution is -2.31. The quantitative estimate of drug-likeness (QED) is 0.0699. The molecule has 2 saturated carbocycles. The summed E-state index contributed by atoms with van der Waals surface area (Å²) < 4.78 is 59.0. The second kappa shape index (κ2) is 23.7. The Morgan fingerprint density at radius 1 is 0.615 bits per heavy atom. The maximum absolute atomic E-state index is 11.5. The van der Waals surface area contributed by atoms with E-state index in [4.69, 9.17) is 15.2 Å². The Balaban J connectivity index is 0.000000243. The fraction of sp³-hybridized carbons (Fsp3) is 0.540. The minimum atomic E-state index is -3.50. The maximum atomic E-state index is 11.5. The SMILES string of the molecule is CC(C)(C)C1CCC(Oc2ccc3cc(C=O)ccc3c2)CC1.CC(C)(C)C1CCC(Oc2ccc3cc(CNCCC(=O)NS(C)(=O)=O)ccc3c2)CC1.CS(=O)(=O)NC(=O)CCN. The zero-order chi connectivity index (χ0) is 48.0. The van der Waals surface area contributed by atoms with Crippen LogP contribution in [0.3, 0.4) is 0 Å². The van der Waals surface area contributed by atoms with Crippen molar-refractivity contribution in [2.75, 3.05) is 25.6 Å². The van der Waals surface area contributed by atoms with Gasteiger partial charge in [-0.2, -0.15) is 0 Å². The predicted molar refractivity (Wildman–Crippen MR) is 261 cm³/mol. The smallest absolute Gasteiger partial charge is 0.234 e. The lowest BCUT2D eigenvalue weighted by Gasteiger charge is -2.37. The molecule has 0 aromatic heterocycles. The number of carbonyl (C=O) groups is 3. The number of rotatable bonds is 14. The number of aldehydes is 1. The molecule has 5 N–H and O–H groups in total. The van der Waals surface area contributed by atoms with Gasteiger partial charge in [0.25, 0.3) is 0 Å². The molecule has 2 fully saturated rings. The average Bonchev–Trinajstić information content (AvgIpc) is 3.21. The molecule has 0 atom stereocenters. The lowest BCUT2D eigenvalue weighted by atomic mass is 9.72. The van der Waals surface area contributed by atoms with Gasteiger partial charge < -0.3 is 20.5 Å². The molecule has 2 aliphatic rings. The fourth-order valence-corrected chi connectivity index (χ4v) is 9.44. The number of hydrogen-bond donors (Lipinski definition) is 4. The monoisotopic (exact) mass is 936 g/mol. The van der Waals surface area contributed by atoms with E-state index in [1.54, 1.807) is 4.72 Å². The summed E-state index contributed by atoms with van der Waals surface area (Å²) in [5.74, 6) is 2.39. The number of carbonyl (C=O) groups excluding carboxylic acids is 3. The number of sulfonamides is 2. The lowest BCUT2D eigenvalue weighted by molar-refractivity contribution is -0.120. The standard InChI is InChI=1S/C25H36N2O4S.C21H26O2.C4H10N2O3S/c1-25(2,3)21-8-11-22(12-9-21)31-23-10-7-19-15-18(5-6-20(19)16-23)17-26-14-13-24(28)27-32(4,29)30;1-21(2,3)18-7-10-19(11-8-18)23-20-9-6-16-12-15(14-22)4-5-17(16)13-20;1-10(8,9)6-4(7)2-3-5/h5-7,10,15-16,21-22,26H,8-9,11-14,17H2,1-4H3,(H,27,28);4-6,9,12-14,18-19H,7-8,10-11H2,1-3H3;2-3,5H2,1H3,(H,6,7). The van der Waals surface area contributed by atoms with E-state index >= 15 is 0 Å². The summed E-state index contributed by atoms with van der Waals surface area (Å²) in [6.07, 6.45) is 13.0. The van der Waals surface area contributed by atoms with Crippen LogP contribution in [0, 0.1) is 22.7 Å². The van der Waals surface area contributed by atoms with Gasteiger partial charge in [0.1, 0.15) is 17.8 Å². The highest BCUT2D eigenvalue weighted by Gasteiger charge is 2.31. The van der Waals surface area contributed by atoms with Crippen molar-refractivity contribution in [1.82, 2.24) is 14.8 Å². The molecule has 2 aliphatic carbocycles. The molecule has 4 aromatic carbocycles. The summed E-state index contributed by atoms with van der Waals surface area (Å²) >= 11 is 0. The van der Waals surface area contributed by atoms with Gasteiger partial charge in [-0.25, -0.2) is 16.8 Å². The number of nitrogens with two attached hydrogens (primary N) is 1. The molecule has 0 heterocycles. The Hall–Kier alpha value is -4.57. The van der Waals surface area contributed by atoms with E-state index in [0.29, 0.717) is 41.7 Å². The summed E-state index contributed by atoms with van der Waals surface area (Å²) in [4.78, 5) is 32.9. The molecule has 0 radical (unpaired) electrons. The van der Waals surface area contributed by atoms with Crippen LogP contribution in [-0.4, -0.2) is 72.7 Å². The van der Waals surface area contributed by atoms with Crippen LogP contribution in [0.1, 0.15) is 122 Å². The van der Waals surface area contributed by atoms with E-state index in [1.807, 2.05) is 41.1 Å². The van der Waals surface area contributed by atoms with Crippen molar-refractivity contribution in [3.8, 4) is 11.5 Å². The molecule has 358 valence electrons. The van der Waals surface area contributed by atoms with E-state index in [0.717, 1.165) is 94.9 Å². The van der Waals surface area contributed by atoms with Crippen LogP contribution in [0.4, 0.5) is 0 Å². The summed E-state index contributed by atoms with van der Waals surface area (Å²) in [5.41, 5.74) is 7.60. The van der Waals surface area contributed by atoms with Gasteiger partial charge in [-0.05, 0) is 138 Å². The van der Waals surface area contributed by atoms with Gasteiger partial charge in [-0.15, -0.1) is 0 Å². The number of amides is 2. The molecule has 2 amide bonds. The first kappa shape index (κ1) is 53.0. The average molecular weight is 937 g/mol. The summed E-state index contributed by atoms with van der Waals surface area (Å²) in [5, 5.41) is 7.67. The first-order valence-corrected chi connectivity index (χ1v) is 26.5. The zero-order valence-corrected chi connectivity index (χ0v) is 41.2. The first-order chi connectivity index (χ1) is 30.4. The molecular formula is C50H72N4O9S2. The first-order valence-electron chi connectivity index (χ1n) is 22.7. The molecule has 65 heavy (non-hydrogen) atoms. The zero-order valence-electron chi connectivity index (χ0n) is 39.6. The van der Waals surface area contributed by atoms with Gasteiger partial charge in [0, 0.05) is 38.0 Å². The minimum absolute atomic E-state index is 0.0348. The molecular weight excluding hydrogens is 865 g/mol. The molecule has 0 spiro atoms. The van der Waals surface area contributed by atoms with Crippen LogP contribution in [-0.2, 0) is 36.2 Å². The summed E-state index contributed by atoms with van der Waals surface area (Å²) in [7, 11) is -6.90. The van der Waals surface area contributed by atoms with Gasteiger partial charge in [0.2, 0.25) is 31.9 Å². The Morgan fingerprint density at radius 3 is 1.46 bits per heavy atom. The van der Waals surface area contributed by atoms with Gasteiger partial charge in [0.15, 0.2) is 0 Å². The number of hydrogen-bond acceptors (Lipinski definition) is 11. The van der Waals surface area contributed by atoms with E-state index in [-0.39, 0.29) is 19.4 Å². The molecule has 0 saturated heterocycles. The van der Waals surface area contributed by atoms with Crippen LogP contribution in [0.15, 0.2) is 72.8 Å². The van der Waals surface area contributed by atoms with E-state index in [2.05, 4.69) is 83.3 Å². The molecule has 0 unspecified atom stereocenters. The highest BCUT2D eigenvalue weighted by atomic mass is 32.2. The van der Waals surface area contributed by atoms with Crippen LogP contribution in [0.2, 0.25) is 0 Å². The molecule has 0 bridgehead atoms. The topological polar surface area (TPSA) is 200 Å². The predicted octanol–water partition coefficient (Wildman–Crippen LogP) is 8.43. The number of nitrogens with one attached hydrogen (secondary N) is 3. The molecule has 15 heteroatoms. The third kappa shape index (κ3) is 19.1. The summed E-state index contributed by atoms with van der Waals surface area (Å²) in [6, 6.07) is 24.4. The van der Waals surface area contributed by atoms with Crippen molar-refractivity contribution in [1.29, 1.82) is 0 Å². The fourth-order valence-electron chi connectivity index (χ4n) is 8.41. The molecule has 13 nitrogen and oxygen atoms in total. The third-order valence-electron chi connectivity index (χ3n) is 12.1. The third-order valence-corrected chi connectivity index (χ3v) is 13.3. The Bertz CT molecular complexity index is 2430. The number of benzene rings is 4. The van der Waals surface area contributed by atoms with Crippen LogP contribution >= 0.6 is 0 Å². The second-order valence-corrected chi connectivity index (χ2v) is 23.2. The largest absolute Gasteiger partial charge is 0.490 e. The molecule has 4 aromatic rings. The molecule has 6 rings (SSSR count). The van der Waals surface area contributed by atoms with Gasteiger partial charge in [-0.1, -0.05) is 77.9 Å². The van der Waals surface area contributed by atoms with Crippen molar-refractivity contribution in [2.45, 2.75) is 125 Å². The Labute approximate surface area is 387 Å². The maximum Gasteiger partial charge on any atom is 0.234 e. The van der Waals surface area contributed by atoms with Gasteiger partial charge >= 0.3 is 0 Å². The van der Waals surface area contributed by atoms with E-state index < -0.39 is 31.9 Å². The second-order valence-electron chi connectivity index (χ2n) is 19.7. The van der Waals surface area contributed by atoms with Gasteiger partial charge in [0.05, 0.1) is 24.7 Å². The van der Waals surface area contributed by atoms with Crippen molar-refractivity contribution in [3.05, 3.63) is 83.9 Å². The number of ether oxygens (including phenoxy) is 2. The highest BCUT2D eigenvalue weighted by Crippen LogP contribution is 2.40. The van der Waals surface area contributed by atoms with Crippen LogP contribution in [0.5, 0.6) is 11.5 Å². The van der Waals surface area contributed by atoms with Crippen molar-refractivity contribution in [3.63, 3.8) is 0 Å². The van der Waals surface area contributed by atoms with Crippen molar-refractivity contribution in [2.24, 2.45) is 28.4 Å². The van der Waals surface area contributed by atoms with E-state index in [9.17, 15) is 31.2 Å². The number of fused-ring (bicyclic) bond motifs is 2. The summed E-state index contributed by atoms with van der Waals surface area (Å²) in [6.45, 7) is 15.2. The Morgan fingerprint density at radius 2 is 1.03 bits per heavy atom. The van der Waals surface area contributed by atoms with E-state index in [1.165, 1.54) is 25.7 Å². The van der Waals surface area contributed by atoms with Crippen molar-refractivity contribution < 1.29 is 40.7 Å². The normalized spacial score (nSPS) is 19.2. The Kier molecular flexibility index (Phi) is 19.4. The van der Waals surface area contributed by atoms with Crippen LogP contribution in [0.25, 0.3) is 21.5 Å². The van der Waals surface area contributed by atoms with Crippen LogP contribution < -0.4 is 30.0 Å². The van der Waals surface area contributed by atoms with Gasteiger partial charge in [-0.3, -0.25) is 23.8 Å². The minimum Gasteiger partial charge on any atom is -0.490 e.